The summed E-state index contributed by atoms with van der Waals surface area (Å²) >= 11 is 5.84. The molecule has 1 aliphatic rings. The molecule has 0 radical (unpaired) electrons. The Morgan fingerprint density at radius 3 is 3.12 bits per heavy atom. The van der Waals surface area contributed by atoms with E-state index in [0.29, 0.717) is 5.56 Å². The van der Waals surface area contributed by atoms with E-state index < -0.39 is 0 Å². The van der Waals surface area contributed by atoms with Crippen LogP contribution in [0.5, 0.6) is 0 Å². The molecule has 1 aromatic carbocycles. The van der Waals surface area contributed by atoms with Crippen LogP contribution in [0.3, 0.4) is 0 Å². The summed E-state index contributed by atoms with van der Waals surface area (Å²) in [6, 6.07) is 5.12. The van der Waals surface area contributed by atoms with E-state index >= 15 is 0 Å². The van der Waals surface area contributed by atoms with Crippen molar-refractivity contribution in [2.24, 2.45) is 0 Å². The van der Waals surface area contributed by atoms with Gasteiger partial charge in [0.2, 0.25) is 0 Å². The van der Waals surface area contributed by atoms with E-state index in [1.54, 1.807) is 6.07 Å². The summed E-state index contributed by atoms with van der Waals surface area (Å²) in [5, 5.41) is 0. The van der Waals surface area contributed by atoms with Crippen LogP contribution in [-0.2, 0) is 10.6 Å². The number of hydrogen-bond donors (Lipinski definition) is 0. The van der Waals surface area contributed by atoms with E-state index in [1.165, 1.54) is 6.07 Å². The molecule has 1 aliphatic heterocycles. The lowest BCUT2D eigenvalue weighted by atomic mass is 10.1. The number of hydrogen-bond acceptors (Lipinski definition) is 2. The fraction of sp³-hybridized carbons (Fsp3) is 0.538. The first-order chi connectivity index (χ1) is 8.22. The molecular weight excluding hydrogens is 241 g/mol. The van der Waals surface area contributed by atoms with Gasteiger partial charge in [0.25, 0.3) is 0 Å². The van der Waals surface area contributed by atoms with Crippen LogP contribution in [0.25, 0.3) is 0 Å². The van der Waals surface area contributed by atoms with Crippen LogP contribution in [0.4, 0.5) is 10.1 Å². The molecule has 17 heavy (non-hydrogen) atoms. The predicted octanol–water partition coefficient (Wildman–Crippen LogP) is 3.18. The third-order valence-electron chi connectivity index (χ3n) is 3.02. The molecule has 0 spiro atoms. The molecule has 1 atom stereocenters. The normalized spacial score (nSPS) is 21.4. The van der Waals surface area contributed by atoms with E-state index in [4.69, 9.17) is 16.3 Å². The van der Waals surface area contributed by atoms with Crippen molar-refractivity contribution in [2.75, 3.05) is 24.6 Å². The second kappa shape index (κ2) is 5.69. The molecule has 2 nitrogen and oxygen atoms in total. The number of benzene rings is 1. The van der Waals surface area contributed by atoms with Crippen molar-refractivity contribution in [3.05, 3.63) is 29.6 Å². The fourth-order valence-electron chi connectivity index (χ4n) is 2.19. The summed E-state index contributed by atoms with van der Waals surface area (Å²) in [6.45, 7) is 4.48. The molecule has 2 rings (SSSR count). The van der Waals surface area contributed by atoms with Crippen LogP contribution in [0.1, 0.15) is 18.9 Å². The molecule has 1 heterocycles. The molecule has 1 fully saturated rings. The van der Waals surface area contributed by atoms with Gasteiger partial charge in [0.05, 0.1) is 12.0 Å². The van der Waals surface area contributed by atoms with Crippen LogP contribution >= 0.6 is 11.6 Å². The van der Waals surface area contributed by atoms with E-state index in [1.807, 2.05) is 13.0 Å². The third-order valence-corrected chi connectivity index (χ3v) is 3.29. The average Bonchev–Trinajstić information content (AvgIpc) is 2.53. The van der Waals surface area contributed by atoms with Crippen molar-refractivity contribution in [3.8, 4) is 0 Å². The van der Waals surface area contributed by atoms with Gasteiger partial charge in [-0.3, -0.25) is 0 Å². The summed E-state index contributed by atoms with van der Waals surface area (Å²) in [5.41, 5.74) is 1.49. The number of alkyl halides is 1. The van der Waals surface area contributed by atoms with E-state index in [9.17, 15) is 4.39 Å². The highest BCUT2D eigenvalue weighted by atomic mass is 35.5. The van der Waals surface area contributed by atoms with E-state index in [-0.39, 0.29) is 17.8 Å². The van der Waals surface area contributed by atoms with Crippen molar-refractivity contribution in [3.63, 3.8) is 0 Å². The Kier molecular flexibility index (Phi) is 4.24. The van der Waals surface area contributed by atoms with Crippen LogP contribution in [0, 0.1) is 5.82 Å². The summed E-state index contributed by atoms with van der Waals surface area (Å²) in [4.78, 5) is 2.17. The van der Waals surface area contributed by atoms with Crippen LogP contribution in [-0.4, -0.2) is 25.8 Å². The molecule has 1 unspecified atom stereocenters. The zero-order chi connectivity index (χ0) is 12.3. The van der Waals surface area contributed by atoms with Crippen molar-refractivity contribution in [2.45, 2.75) is 25.3 Å². The van der Waals surface area contributed by atoms with Crippen LogP contribution < -0.4 is 4.90 Å². The lowest BCUT2D eigenvalue weighted by molar-refractivity contribution is 0.0821. The van der Waals surface area contributed by atoms with Crippen molar-refractivity contribution < 1.29 is 9.13 Å². The van der Waals surface area contributed by atoms with Crippen LogP contribution in [0.2, 0.25) is 0 Å². The first-order valence-corrected chi connectivity index (χ1v) is 6.45. The predicted molar refractivity (Wildman–Crippen MR) is 68.2 cm³/mol. The molecule has 0 N–H and O–H groups in total. The summed E-state index contributed by atoms with van der Waals surface area (Å²) in [6.07, 6.45) is 1.13. The van der Waals surface area contributed by atoms with Gasteiger partial charge in [-0.2, -0.15) is 0 Å². The molecular formula is C13H17ClFNO. The molecule has 0 aliphatic carbocycles. The minimum Gasteiger partial charge on any atom is -0.377 e. The van der Waals surface area contributed by atoms with Gasteiger partial charge in [0.15, 0.2) is 0 Å². The molecule has 4 heteroatoms. The Morgan fingerprint density at radius 2 is 2.35 bits per heavy atom. The maximum absolute atomic E-state index is 13.7. The highest BCUT2D eigenvalue weighted by Gasteiger charge is 2.19. The summed E-state index contributed by atoms with van der Waals surface area (Å²) < 4.78 is 19.3. The fourth-order valence-corrected chi connectivity index (χ4v) is 2.45. The number of anilines is 1. The average molecular weight is 258 g/mol. The summed E-state index contributed by atoms with van der Waals surface area (Å²) in [5.74, 6) is -0.0244. The van der Waals surface area contributed by atoms with Gasteiger partial charge >= 0.3 is 0 Å². The Balaban J connectivity index is 2.28. The number of rotatable bonds is 2. The highest BCUT2D eigenvalue weighted by molar-refractivity contribution is 6.17. The van der Waals surface area contributed by atoms with Gasteiger partial charge in [-0.15, -0.1) is 11.6 Å². The monoisotopic (exact) mass is 257 g/mol. The summed E-state index contributed by atoms with van der Waals surface area (Å²) in [7, 11) is 0. The standard InChI is InChI=1S/C13H17ClFNO/c1-10-9-16(6-3-7-17-10)13-5-2-4-12(15)11(13)8-14/h2,4-5,10H,3,6-9H2,1H3. The molecule has 0 aromatic heterocycles. The zero-order valence-electron chi connectivity index (χ0n) is 9.96. The Labute approximate surface area is 106 Å². The second-order valence-electron chi connectivity index (χ2n) is 4.35. The van der Waals surface area contributed by atoms with E-state index in [0.717, 1.165) is 31.8 Å². The van der Waals surface area contributed by atoms with Crippen LogP contribution in [0.15, 0.2) is 18.2 Å². The van der Waals surface area contributed by atoms with Gasteiger partial charge in [-0.05, 0) is 25.5 Å². The number of nitrogens with zero attached hydrogens (tertiary/aromatic N) is 1. The minimum absolute atomic E-state index is 0.170. The lowest BCUT2D eigenvalue weighted by Crippen LogP contribution is -2.31. The van der Waals surface area contributed by atoms with Gasteiger partial charge in [0, 0.05) is 30.9 Å². The number of ether oxygens (including phenoxy) is 1. The first-order valence-electron chi connectivity index (χ1n) is 5.92. The third kappa shape index (κ3) is 2.90. The highest BCUT2D eigenvalue weighted by Crippen LogP contribution is 2.26. The SMILES string of the molecule is CC1CN(c2cccc(F)c2CCl)CCCO1. The Morgan fingerprint density at radius 1 is 1.53 bits per heavy atom. The molecule has 0 saturated carbocycles. The topological polar surface area (TPSA) is 12.5 Å². The van der Waals surface area contributed by atoms with Gasteiger partial charge in [-0.25, -0.2) is 4.39 Å². The van der Waals surface area contributed by atoms with Gasteiger partial charge in [-0.1, -0.05) is 6.07 Å². The van der Waals surface area contributed by atoms with Crippen molar-refractivity contribution in [1.82, 2.24) is 0 Å². The zero-order valence-corrected chi connectivity index (χ0v) is 10.7. The lowest BCUT2D eigenvalue weighted by Gasteiger charge is -2.26. The molecule has 94 valence electrons. The molecule has 1 saturated heterocycles. The maximum atomic E-state index is 13.7. The second-order valence-corrected chi connectivity index (χ2v) is 4.62. The number of halogens is 2. The van der Waals surface area contributed by atoms with E-state index in [2.05, 4.69) is 4.90 Å². The van der Waals surface area contributed by atoms with Gasteiger partial charge in [0.1, 0.15) is 5.82 Å². The quantitative estimate of drug-likeness (QED) is 0.755. The smallest absolute Gasteiger partial charge is 0.129 e. The van der Waals surface area contributed by atoms with Crippen molar-refractivity contribution in [1.29, 1.82) is 0 Å². The molecule has 0 amide bonds. The molecule has 0 bridgehead atoms. The Hall–Kier alpha value is -0.800. The van der Waals surface area contributed by atoms with Crippen molar-refractivity contribution >= 4 is 17.3 Å². The molecule has 1 aromatic rings. The maximum Gasteiger partial charge on any atom is 0.129 e. The minimum atomic E-state index is -0.227. The largest absolute Gasteiger partial charge is 0.377 e. The van der Waals surface area contributed by atoms with Gasteiger partial charge < -0.3 is 9.64 Å². The first kappa shape index (κ1) is 12.7. The Bertz CT molecular complexity index is 386.